The van der Waals surface area contributed by atoms with Crippen LogP contribution in [0, 0.1) is 11.8 Å². The van der Waals surface area contributed by atoms with Gasteiger partial charge in [0.1, 0.15) is 34.6 Å². The van der Waals surface area contributed by atoms with Crippen molar-refractivity contribution in [3.05, 3.63) is 89.5 Å². The molecule has 6 amide bonds. The lowest BCUT2D eigenvalue weighted by molar-refractivity contribution is -0.136. The molecule has 1 aromatic heterocycles. The Balaban J connectivity index is 0.669. The number of anilines is 2. The van der Waals surface area contributed by atoms with Gasteiger partial charge in [-0.1, -0.05) is 18.2 Å². The van der Waals surface area contributed by atoms with Gasteiger partial charge < -0.3 is 35.4 Å². The Bertz CT molecular complexity index is 2430. The lowest BCUT2D eigenvalue weighted by Gasteiger charge is -2.42. The minimum Gasteiger partial charge on any atom is -0.457 e. The van der Waals surface area contributed by atoms with Gasteiger partial charge in [-0.05, 0) is 123 Å². The number of nitrogens with two attached hydrogens (primary N) is 1. The number of nitrogens with zero attached hydrogens (tertiary/aromatic N) is 7. The normalized spacial score (nSPS) is 22.1. The number of primary amides is 1. The fourth-order valence-electron chi connectivity index (χ4n) is 10.9. The van der Waals surface area contributed by atoms with Gasteiger partial charge in [-0.15, -0.1) is 0 Å². The number of urea groups is 1. The van der Waals surface area contributed by atoms with E-state index in [9.17, 15) is 24.0 Å². The second-order valence-electron chi connectivity index (χ2n) is 18.5. The Hall–Kier alpha value is -6.42. The summed E-state index contributed by atoms with van der Waals surface area (Å²) in [5.41, 5.74) is 10.4. The van der Waals surface area contributed by atoms with E-state index in [1.807, 2.05) is 81.2 Å². The summed E-state index contributed by atoms with van der Waals surface area (Å²) < 4.78 is 7.97. The SMILES string of the molecule is NC(=O)c1c(-c2ccc(Oc3ccccc3)cc2)nn2c1NCCC2C1CCN(C(=O)N2CCN(CCC3CCN(c4ccc5c(c4)CN(C4CCC(=O)NC4=O)C5=O)CC3)CC2)CC1. The van der Waals surface area contributed by atoms with Gasteiger partial charge in [-0.3, -0.25) is 29.4 Å². The van der Waals surface area contributed by atoms with E-state index in [0.29, 0.717) is 66.3 Å². The van der Waals surface area contributed by atoms with Crippen molar-refractivity contribution in [1.82, 2.24) is 34.7 Å². The molecule has 0 radical (unpaired) electrons. The molecule has 4 fully saturated rings. The number of likely N-dealkylation sites (tertiary alicyclic amines) is 1. The number of imide groups is 1. The third-order valence-corrected chi connectivity index (χ3v) is 14.6. The molecule has 4 saturated heterocycles. The molecule has 6 aliphatic heterocycles. The average Bonchev–Trinajstić information content (AvgIpc) is 3.89. The van der Waals surface area contributed by atoms with Crippen LogP contribution in [0.25, 0.3) is 11.3 Å². The summed E-state index contributed by atoms with van der Waals surface area (Å²) in [7, 11) is 0. The number of piperazine rings is 1. The summed E-state index contributed by atoms with van der Waals surface area (Å²) in [5.74, 6) is 1.74. The highest BCUT2D eigenvalue weighted by Gasteiger charge is 2.40. The predicted molar refractivity (Wildman–Crippen MR) is 245 cm³/mol. The van der Waals surface area contributed by atoms with E-state index in [1.165, 1.54) is 0 Å². The van der Waals surface area contributed by atoms with Crippen LogP contribution < -0.4 is 26.0 Å². The number of para-hydroxylation sites is 1. The molecule has 2 unspecified atom stereocenters. The number of carbonyl (C=O) groups excluding carboxylic acids is 5. The zero-order valence-corrected chi connectivity index (χ0v) is 36.8. The zero-order chi connectivity index (χ0) is 44.6. The van der Waals surface area contributed by atoms with Gasteiger partial charge in [0.15, 0.2) is 0 Å². The number of hydrogen-bond acceptors (Lipinski definition) is 10. The molecule has 0 spiro atoms. The summed E-state index contributed by atoms with van der Waals surface area (Å²) >= 11 is 0. The molecule has 0 aliphatic carbocycles. The summed E-state index contributed by atoms with van der Waals surface area (Å²) in [6.45, 7) is 8.71. The molecule has 340 valence electrons. The molecule has 0 bridgehead atoms. The standard InChI is InChI=1S/C49H58N10O6/c50-45(61)43-44(34-6-9-38(10-7-34)65-37-4-2-1-3-5-37)53-59-40(14-20-51-46(43)59)33-18-24-56(25-19-33)49(64)57-28-26-54(27-29-57)21-15-32-16-22-55(23-17-32)36-8-11-39-35(30-36)31-58(48(39)63)41-12-13-42(60)52-47(41)62/h1-11,30,32-33,40-41,51H,12-29,31H2,(H2,50,61)(H,52,60,62). The monoisotopic (exact) mass is 882 g/mol. The molecule has 65 heavy (non-hydrogen) atoms. The number of nitrogens with one attached hydrogen (secondary N) is 2. The lowest BCUT2D eigenvalue weighted by atomic mass is 9.87. The molecule has 4 N–H and O–H groups in total. The Kier molecular flexibility index (Phi) is 11.9. The van der Waals surface area contributed by atoms with E-state index >= 15 is 0 Å². The second kappa shape index (κ2) is 18.2. The van der Waals surface area contributed by atoms with Gasteiger partial charge in [0.25, 0.3) is 11.8 Å². The third-order valence-electron chi connectivity index (χ3n) is 14.6. The number of benzene rings is 3. The van der Waals surface area contributed by atoms with Crippen LogP contribution in [0.4, 0.5) is 16.3 Å². The number of hydrogen-bond donors (Lipinski definition) is 3. The van der Waals surface area contributed by atoms with Crippen LogP contribution in [0.3, 0.4) is 0 Å². The van der Waals surface area contributed by atoms with Crippen LogP contribution >= 0.6 is 0 Å². The topological polar surface area (TPSA) is 179 Å². The van der Waals surface area contributed by atoms with E-state index in [-0.39, 0.29) is 36.2 Å². The van der Waals surface area contributed by atoms with E-state index in [1.54, 1.807) is 4.90 Å². The van der Waals surface area contributed by atoms with Crippen molar-refractivity contribution >= 4 is 41.2 Å². The quantitative estimate of drug-likeness (QED) is 0.177. The fraction of sp³-hybridized carbons (Fsp3) is 0.469. The van der Waals surface area contributed by atoms with Crippen LogP contribution in [0.15, 0.2) is 72.8 Å². The van der Waals surface area contributed by atoms with Crippen LogP contribution in [0.1, 0.15) is 83.7 Å². The number of aromatic nitrogens is 2. The molecule has 16 heteroatoms. The van der Waals surface area contributed by atoms with Crippen LogP contribution in [0.5, 0.6) is 11.5 Å². The maximum absolute atomic E-state index is 13.8. The Morgan fingerprint density at radius 3 is 2.23 bits per heavy atom. The van der Waals surface area contributed by atoms with Gasteiger partial charge in [0.2, 0.25) is 11.8 Å². The third kappa shape index (κ3) is 8.75. The van der Waals surface area contributed by atoms with E-state index in [2.05, 4.69) is 26.5 Å². The maximum Gasteiger partial charge on any atom is 0.320 e. The highest BCUT2D eigenvalue weighted by Crippen LogP contribution is 2.41. The molecule has 16 nitrogen and oxygen atoms in total. The van der Waals surface area contributed by atoms with Gasteiger partial charge in [0.05, 0.1) is 6.04 Å². The predicted octanol–water partition coefficient (Wildman–Crippen LogP) is 5.32. The summed E-state index contributed by atoms with van der Waals surface area (Å²) in [5, 5.41) is 10.8. The van der Waals surface area contributed by atoms with E-state index in [0.717, 1.165) is 113 Å². The molecule has 6 aliphatic rings. The number of ether oxygens (including phenoxy) is 1. The van der Waals surface area contributed by atoms with Crippen molar-refractivity contribution in [3.63, 3.8) is 0 Å². The van der Waals surface area contributed by atoms with Crippen LogP contribution in [-0.2, 0) is 16.1 Å². The number of amides is 6. The largest absolute Gasteiger partial charge is 0.457 e. The van der Waals surface area contributed by atoms with Crippen molar-refractivity contribution in [2.24, 2.45) is 17.6 Å². The smallest absolute Gasteiger partial charge is 0.320 e. The first-order chi connectivity index (χ1) is 31.7. The summed E-state index contributed by atoms with van der Waals surface area (Å²) in [4.78, 5) is 74.6. The average molecular weight is 883 g/mol. The van der Waals surface area contributed by atoms with Crippen molar-refractivity contribution in [1.29, 1.82) is 0 Å². The van der Waals surface area contributed by atoms with Crippen LogP contribution in [0.2, 0.25) is 0 Å². The van der Waals surface area contributed by atoms with Crippen molar-refractivity contribution < 1.29 is 28.7 Å². The molecular weight excluding hydrogens is 825 g/mol. The van der Waals surface area contributed by atoms with Crippen molar-refractivity contribution in [2.75, 3.05) is 75.7 Å². The van der Waals surface area contributed by atoms with Gasteiger partial charge in [-0.25, -0.2) is 9.48 Å². The summed E-state index contributed by atoms with van der Waals surface area (Å²) in [6, 6.07) is 22.8. The lowest BCUT2D eigenvalue weighted by Crippen LogP contribution is -2.54. The fourth-order valence-corrected chi connectivity index (χ4v) is 10.9. The maximum atomic E-state index is 13.8. The van der Waals surface area contributed by atoms with E-state index in [4.69, 9.17) is 15.6 Å². The molecule has 4 aromatic rings. The van der Waals surface area contributed by atoms with Gasteiger partial charge >= 0.3 is 6.03 Å². The van der Waals surface area contributed by atoms with Crippen molar-refractivity contribution in [3.8, 4) is 22.8 Å². The highest BCUT2D eigenvalue weighted by atomic mass is 16.5. The van der Waals surface area contributed by atoms with Gasteiger partial charge in [0, 0.05) is 88.7 Å². The Morgan fingerprint density at radius 2 is 1.51 bits per heavy atom. The van der Waals surface area contributed by atoms with Gasteiger partial charge in [-0.2, -0.15) is 5.10 Å². The summed E-state index contributed by atoms with van der Waals surface area (Å²) in [6.07, 6.45) is 6.59. The number of fused-ring (bicyclic) bond motifs is 2. The molecule has 10 rings (SSSR count). The molecular formula is C49H58N10O6. The van der Waals surface area contributed by atoms with E-state index < -0.39 is 11.9 Å². The number of piperidine rings is 3. The first-order valence-electron chi connectivity index (χ1n) is 23.4. The minimum absolute atomic E-state index is 0.0951. The molecule has 2 atom stereocenters. The number of rotatable bonds is 10. The first-order valence-corrected chi connectivity index (χ1v) is 23.4. The Morgan fingerprint density at radius 1 is 0.785 bits per heavy atom. The number of carbonyl (C=O) groups is 5. The highest BCUT2D eigenvalue weighted by molar-refractivity contribution is 6.06. The zero-order valence-electron chi connectivity index (χ0n) is 36.8. The molecule has 3 aromatic carbocycles. The van der Waals surface area contributed by atoms with Crippen molar-refractivity contribution in [2.45, 2.75) is 70.0 Å². The minimum atomic E-state index is -0.604. The first kappa shape index (κ1) is 42.5. The van der Waals surface area contributed by atoms with Crippen LogP contribution in [-0.4, -0.2) is 131 Å². The second-order valence-corrected chi connectivity index (χ2v) is 18.5. The molecule has 0 saturated carbocycles. The molecule has 7 heterocycles. The Labute approximate surface area is 379 Å².